The van der Waals surface area contributed by atoms with Gasteiger partial charge in [0.15, 0.2) is 5.78 Å². The van der Waals surface area contributed by atoms with E-state index in [9.17, 15) is 14.0 Å². The summed E-state index contributed by atoms with van der Waals surface area (Å²) in [5.74, 6) is -0.782. The van der Waals surface area contributed by atoms with E-state index >= 15 is 0 Å². The molecule has 3 nitrogen and oxygen atoms in total. The van der Waals surface area contributed by atoms with Crippen molar-refractivity contribution in [2.45, 2.75) is 0 Å². The number of carbonyl (C=O) groups excluding carboxylic acids is 2. The molecule has 0 aliphatic carbocycles. The Bertz CT molecular complexity index is 918. The quantitative estimate of drug-likeness (QED) is 0.351. The Morgan fingerprint density at radius 2 is 1.40 bits per heavy atom. The van der Waals surface area contributed by atoms with E-state index < -0.39 is 11.8 Å². The molecule has 0 aliphatic rings. The van der Waals surface area contributed by atoms with Crippen molar-refractivity contribution in [2.75, 3.05) is 0 Å². The predicted octanol–water partition coefficient (Wildman–Crippen LogP) is 5.04. The van der Waals surface area contributed by atoms with E-state index in [1.807, 2.05) is 6.07 Å². The molecule has 0 radical (unpaired) electrons. The molecule has 0 amide bonds. The molecule has 0 saturated carbocycles. The van der Waals surface area contributed by atoms with E-state index in [0.29, 0.717) is 22.4 Å². The first kappa shape index (κ1) is 17.0. The summed E-state index contributed by atoms with van der Waals surface area (Å²) in [5.41, 5.74) is 1.23. The first-order valence-corrected chi connectivity index (χ1v) is 8.20. The Morgan fingerprint density at radius 3 is 2.00 bits per heavy atom. The third kappa shape index (κ3) is 4.19. The molecule has 3 rings (SSSR count). The Morgan fingerprint density at radius 1 is 0.800 bits per heavy atom. The minimum atomic E-state index is -0.487. The number of hydrogen-bond acceptors (Lipinski definition) is 3. The van der Waals surface area contributed by atoms with Crippen LogP contribution in [0.15, 0.2) is 77.3 Å². The monoisotopic (exact) mass is 398 g/mol. The summed E-state index contributed by atoms with van der Waals surface area (Å²) < 4.78 is 19.0. The molecule has 0 aliphatic heterocycles. The van der Waals surface area contributed by atoms with Crippen molar-refractivity contribution in [3.05, 3.63) is 99.8 Å². The fraction of sp³-hybridized carbons (Fsp3) is 0. The molecule has 124 valence electrons. The number of benzene rings is 3. The largest absolute Gasteiger partial charge is 0.423 e. The van der Waals surface area contributed by atoms with Crippen LogP contribution in [0.3, 0.4) is 0 Å². The first-order chi connectivity index (χ1) is 12.0. The molecule has 0 heterocycles. The summed E-state index contributed by atoms with van der Waals surface area (Å²) in [5, 5.41) is 0. The maximum absolute atomic E-state index is 12.9. The van der Waals surface area contributed by atoms with Gasteiger partial charge in [0.1, 0.15) is 11.6 Å². The number of rotatable bonds is 4. The normalized spacial score (nSPS) is 10.3. The maximum atomic E-state index is 12.9. The zero-order chi connectivity index (χ0) is 17.8. The van der Waals surface area contributed by atoms with Crippen LogP contribution in [0.25, 0.3) is 0 Å². The lowest BCUT2D eigenvalue weighted by Gasteiger charge is -2.06. The van der Waals surface area contributed by atoms with E-state index in [4.69, 9.17) is 4.74 Å². The Labute approximate surface area is 152 Å². The maximum Gasteiger partial charge on any atom is 0.343 e. The summed E-state index contributed by atoms with van der Waals surface area (Å²) >= 11 is 3.30. The van der Waals surface area contributed by atoms with Crippen LogP contribution in [0.4, 0.5) is 4.39 Å². The van der Waals surface area contributed by atoms with Gasteiger partial charge in [0, 0.05) is 15.6 Å². The van der Waals surface area contributed by atoms with Crippen LogP contribution in [0, 0.1) is 5.82 Å². The number of halogens is 2. The van der Waals surface area contributed by atoms with Gasteiger partial charge in [0.25, 0.3) is 0 Å². The van der Waals surface area contributed by atoms with Crippen molar-refractivity contribution in [2.24, 2.45) is 0 Å². The Hall–Kier alpha value is -2.79. The molecule has 0 atom stereocenters. The molecule has 0 bridgehead atoms. The lowest BCUT2D eigenvalue weighted by Crippen LogP contribution is -2.08. The second kappa shape index (κ2) is 7.40. The topological polar surface area (TPSA) is 43.4 Å². The Kier molecular flexibility index (Phi) is 5.05. The molecule has 0 saturated heterocycles. The van der Waals surface area contributed by atoms with Gasteiger partial charge in [-0.25, -0.2) is 9.18 Å². The summed E-state index contributed by atoms with van der Waals surface area (Å²) in [4.78, 5) is 24.4. The van der Waals surface area contributed by atoms with E-state index in [-0.39, 0.29) is 5.78 Å². The second-order valence-electron chi connectivity index (χ2n) is 5.26. The van der Waals surface area contributed by atoms with Gasteiger partial charge < -0.3 is 4.74 Å². The molecule has 0 N–H and O–H groups in total. The molecular formula is C20H12BrFO3. The number of carbonyl (C=O) groups is 2. The van der Waals surface area contributed by atoms with Crippen LogP contribution in [0.5, 0.6) is 5.75 Å². The molecule has 25 heavy (non-hydrogen) atoms. The smallest absolute Gasteiger partial charge is 0.343 e. The number of esters is 1. The Balaban J connectivity index is 1.73. The fourth-order valence-corrected chi connectivity index (χ4v) is 2.62. The minimum Gasteiger partial charge on any atom is -0.423 e. The first-order valence-electron chi connectivity index (χ1n) is 7.41. The van der Waals surface area contributed by atoms with Crippen LogP contribution in [-0.2, 0) is 0 Å². The lowest BCUT2D eigenvalue weighted by molar-refractivity contribution is 0.0734. The number of hydrogen-bond donors (Lipinski definition) is 0. The van der Waals surface area contributed by atoms with Crippen LogP contribution in [0.1, 0.15) is 26.3 Å². The lowest BCUT2D eigenvalue weighted by atomic mass is 10.0. The van der Waals surface area contributed by atoms with Crippen LogP contribution >= 0.6 is 15.9 Å². The summed E-state index contributed by atoms with van der Waals surface area (Å²) in [6.45, 7) is 0. The van der Waals surface area contributed by atoms with E-state index in [1.54, 1.807) is 42.5 Å². The van der Waals surface area contributed by atoms with Gasteiger partial charge in [-0.1, -0.05) is 22.0 Å². The summed E-state index contributed by atoms with van der Waals surface area (Å²) in [6, 6.07) is 18.4. The van der Waals surface area contributed by atoms with Gasteiger partial charge in [-0.2, -0.15) is 0 Å². The van der Waals surface area contributed by atoms with Gasteiger partial charge in [-0.05, 0) is 66.7 Å². The van der Waals surface area contributed by atoms with Gasteiger partial charge in [0.2, 0.25) is 0 Å². The SMILES string of the molecule is O=C(Oc1ccc(C(=O)c2ccc(F)cc2)cc1)c1cccc(Br)c1. The molecule has 0 unspecified atom stereocenters. The number of ether oxygens (including phenoxy) is 1. The van der Waals surface area contributed by atoms with Crippen molar-refractivity contribution in [3.8, 4) is 5.75 Å². The highest BCUT2D eigenvalue weighted by molar-refractivity contribution is 9.10. The highest BCUT2D eigenvalue weighted by Gasteiger charge is 2.12. The van der Waals surface area contributed by atoms with E-state index in [0.717, 1.165) is 4.47 Å². The van der Waals surface area contributed by atoms with E-state index in [1.165, 1.54) is 24.3 Å². The summed E-state index contributed by atoms with van der Waals surface area (Å²) in [6.07, 6.45) is 0. The van der Waals surface area contributed by atoms with Crippen LogP contribution in [0.2, 0.25) is 0 Å². The van der Waals surface area contributed by atoms with Crippen molar-refractivity contribution < 1.29 is 18.7 Å². The number of ketones is 1. The third-order valence-corrected chi connectivity index (χ3v) is 3.99. The molecule has 0 aromatic heterocycles. The standard InChI is InChI=1S/C20H12BrFO3/c21-16-3-1-2-15(12-16)20(24)25-18-10-6-14(7-11-18)19(23)13-4-8-17(22)9-5-13/h1-12H. The molecule has 0 spiro atoms. The second-order valence-corrected chi connectivity index (χ2v) is 6.18. The zero-order valence-corrected chi connectivity index (χ0v) is 14.5. The fourth-order valence-electron chi connectivity index (χ4n) is 2.22. The van der Waals surface area contributed by atoms with Crippen LogP contribution < -0.4 is 4.74 Å². The van der Waals surface area contributed by atoms with Crippen molar-refractivity contribution in [3.63, 3.8) is 0 Å². The molecule has 3 aromatic rings. The molecular weight excluding hydrogens is 387 g/mol. The molecule has 3 aromatic carbocycles. The average molecular weight is 399 g/mol. The van der Waals surface area contributed by atoms with Gasteiger partial charge in [-0.15, -0.1) is 0 Å². The summed E-state index contributed by atoms with van der Waals surface area (Å²) in [7, 11) is 0. The van der Waals surface area contributed by atoms with Crippen molar-refractivity contribution in [1.29, 1.82) is 0 Å². The minimum absolute atomic E-state index is 0.232. The van der Waals surface area contributed by atoms with Crippen LogP contribution in [-0.4, -0.2) is 11.8 Å². The van der Waals surface area contributed by atoms with Crippen molar-refractivity contribution >= 4 is 27.7 Å². The highest BCUT2D eigenvalue weighted by Crippen LogP contribution is 2.18. The molecule has 5 heteroatoms. The third-order valence-electron chi connectivity index (χ3n) is 3.49. The van der Waals surface area contributed by atoms with Gasteiger partial charge >= 0.3 is 5.97 Å². The predicted molar refractivity (Wildman–Crippen MR) is 95.4 cm³/mol. The van der Waals surface area contributed by atoms with Crippen molar-refractivity contribution in [1.82, 2.24) is 0 Å². The molecule has 0 fully saturated rings. The zero-order valence-electron chi connectivity index (χ0n) is 12.9. The van der Waals surface area contributed by atoms with Gasteiger partial charge in [-0.3, -0.25) is 4.79 Å². The average Bonchev–Trinajstić information content (AvgIpc) is 2.62. The van der Waals surface area contributed by atoms with Gasteiger partial charge in [0.05, 0.1) is 5.56 Å². The highest BCUT2D eigenvalue weighted by atomic mass is 79.9. The van der Waals surface area contributed by atoms with E-state index in [2.05, 4.69) is 15.9 Å².